The molecular formula is C14H15BrN2O2. The van der Waals surface area contributed by atoms with Gasteiger partial charge in [0.1, 0.15) is 0 Å². The van der Waals surface area contributed by atoms with Gasteiger partial charge in [0.05, 0.1) is 11.9 Å². The number of aromatic nitrogens is 1. The summed E-state index contributed by atoms with van der Waals surface area (Å²) in [6, 6.07) is 7.54. The predicted octanol–water partition coefficient (Wildman–Crippen LogP) is 3.07. The first-order chi connectivity index (χ1) is 9.00. The highest BCUT2D eigenvalue weighted by atomic mass is 79.9. The van der Waals surface area contributed by atoms with E-state index in [9.17, 15) is 4.79 Å². The van der Waals surface area contributed by atoms with Crippen LogP contribution in [0.5, 0.6) is 0 Å². The third-order valence-corrected chi connectivity index (χ3v) is 3.79. The van der Waals surface area contributed by atoms with E-state index in [1.54, 1.807) is 6.20 Å². The largest absolute Gasteiger partial charge is 0.481 e. The fourth-order valence-electron chi connectivity index (χ4n) is 2.16. The number of benzene rings is 1. The highest BCUT2D eigenvalue weighted by molar-refractivity contribution is 9.10. The number of carboxylic acids is 1. The zero-order valence-electron chi connectivity index (χ0n) is 10.8. The molecule has 0 bridgehead atoms. The maximum atomic E-state index is 11.0. The van der Waals surface area contributed by atoms with E-state index in [1.807, 2.05) is 43.3 Å². The second kappa shape index (κ2) is 5.67. The van der Waals surface area contributed by atoms with E-state index >= 15 is 0 Å². The maximum absolute atomic E-state index is 11.0. The van der Waals surface area contributed by atoms with Crippen molar-refractivity contribution in [2.24, 2.45) is 0 Å². The Morgan fingerprint density at radius 2 is 2.16 bits per heavy atom. The standard InChI is InChI=1S/C14H15BrN2O2/c1-17(2)12(8-13(18)19)10-5-6-11(15)9-4-3-7-16-14(9)10/h3-7,12H,8H2,1-2H3,(H,18,19). The van der Waals surface area contributed by atoms with Crippen LogP contribution in [-0.4, -0.2) is 35.1 Å². The minimum Gasteiger partial charge on any atom is -0.481 e. The predicted molar refractivity (Wildman–Crippen MR) is 78.1 cm³/mol. The van der Waals surface area contributed by atoms with Gasteiger partial charge in [-0.25, -0.2) is 0 Å². The Bertz CT molecular complexity index is 613. The SMILES string of the molecule is CN(C)C(CC(=O)O)c1ccc(Br)c2cccnc12. The fourth-order valence-corrected chi connectivity index (χ4v) is 2.62. The molecule has 1 unspecified atom stereocenters. The molecule has 0 aliphatic rings. The number of hydrogen-bond acceptors (Lipinski definition) is 3. The van der Waals surface area contributed by atoms with Gasteiger partial charge in [0.2, 0.25) is 0 Å². The molecular weight excluding hydrogens is 308 g/mol. The molecule has 0 aliphatic carbocycles. The molecule has 0 aliphatic heterocycles. The Kier molecular flexibility index (Phi) is 4.17. The Labute approximate surface area is 120 Å². The molecule has 0 radical (unpaired) electrons. The number of hydrogen-bond donors (Lipinski definition) is 1. The number of fused-ring (bicyclic) bond motifs is 1. The molecule has 0 saturated heterocycles. The molecule has 1 aromatic carbocycles. The van der Waals surface area contributed by atoms with Crippen LogP contribution in [0, 0.1) is 0 Å². The van der Waals surface area contributed by atoms with Crippen molar-refractivity contribution in [1.29, 1.82) is 0 Å². The minimum atomic E-state index is -0.814. The average Bonchev–Trinajstić information content (AvgIpc) is 2.37. The van der Waals surface area contributed by atoms with Gasteiger partial charge in [0.15, 0.2) is 0 Å². The van der Waals surface area contributed by atoms with E-state index in [2.05, 4.69) is 20.9 Å². The monoisotopic (exact) mass is 322 g/mol. The normalized spacial score (nSPS) is 12.8. The van der Waals surface area contributed by atoms with Crippen LogP contribution in [0.3, 0.4) is 0 Å². The second-order valence-corrected chi connectivity index (χ2v) is 5.47. The highest BCUT2D eigenvalue weighted by Gasteiger charge is 2.21. The maximum Gasteiger partial charge on any atom is 0.305 e. The summed E-state index contributed by atoms with van der Waals surface area (Å²) in [6.45, 7) is 0. The smallest absolute Gasteiger partial charge is 0.305 e. The van der Waals surface area contributed by atoms with Crippen LogP contribution < -0.4 is 0 Å². The van der Waals surface area contributed by atoms with Crippen LogP contribution in [0.15, 0.2) is 34.9 Å². The topological polar surface area (TPSA) is 53.4 Å². The third-order valence-electron chi connectivity index (χ3n) is 3.10. The molecule has 0 spiro atoms. The zero-order chi connectivity index (χ0) is 14.0. The lowest BCUT2D eigenvalue weighted by Gasteiger charge is -2.24. The first-order valence-electron chi connectivity index (χ1n) is 5.92. The number of nitrogens with zero attached hydrogens (tertiary/aromatic N) is 2. The van der Waals surface area contributed by atoms with Gasteiger partial charge in [-0.15, -0.1) is 0 Å². The highest BCUT2D eigenvalue weighted by Crippen LogP contribution is 2.32. The second-order valence-electron chi connectivity index (χ2n) is 4.61. The molecule has 0 fully saturated rings. The number of rotatable bonds is 4. The molecule has 5 heteroatoms. The zero-order valence-corrected chi connectivity index (χ0v) is 12.4. The molecule has 2 aromatic rings. The van der Waals surface area contributed by atoms with Crippen LogP contribution in [0.2, 0.25) is 0 Å². The summed E-state index contributed by atoms with van der Waals surface area (Å²) in [5, 5.41) is 10.1. The van der Waals surface area contributed by atoms with E-state index in [1.165, 1.54) is 0 Å². The van der Waals surface area contributed by atoms with Gasteiger partial charge in [0.25, 0.3) is 0 Å². The minimum absolute atomic E-state index is 0.0559. The van der Waals surface area contributed by atoms with Crippen molar-refractivity contribution < 1.29 is 9.90 Å². The lowest BCUT2D eigenvalue weighted by molar-refractivity contribution is -0.138. The van der Waals surface area contributed by atoms with Crippen molar-refractivity contribution in [1.82, 2.24) is 9.88 Å². The molecule has 100 valence electrons. The Morgan fingerprint density at radius 3 is 2.79 bits per heavy atom. The van der Waals surface area contributed by atoms with Crippen LogP contribution in [0.1, 0.15) is 18.0 Å². The van der Waals surface area contributed by atoms with Gasteiger partial charge in [-0.1, -0.05) is 28.1 Å². The van der Waals surface area contributed by atoms with Gasteiger partial charge in [-0.2, -0.15) is 0 Å². The van der Waals surface area contributed by atoms with Gasteiger partial charge in [-0.3, -0.25) is 9.78 Å². The Hall–Kier alpha value is -1.46. The fraction of sp³-hybridized carbons (Fsp3) is 0.286. The first kappa shape index (κ1) is 14.0. The number of pyridine rings is 1. The summed E-state index contributed by atoms with van der Waals surface area (Å²) < 4.78 is 0.965. The quantitative estimate of drug-likeness (QED) is 0.939. The summed E-state index contributed by atoms with van der Waals surface area (Å²) >= 11 is 3.50. The van der Waals surface area contributed by atoms with Crippen LogP contribution in [0.4, 0.5) is 0 Å². The van der Waals surface area contributed by atoms with Gasteiger partial charge >= 0.3 is 5.97 Å². The number of aliphatic carboxylic acids is 1. The summed E-state index contributed by atoms with van der Waals surface area (Å²) in [4.78, 5) is 17.3. The summed E-state index contributed by atoms with van der Waals surface area (Å²) in [5.74, 6) is -0.814. The van der Waals surface area contributed by atoms with E-state index < -0.39 is 5.97 Å². The van der Waals surface area contributed by atoms with Crippen molar-refractivity contribution in [2.75, 3.05) is 14.1 Å². The lowest BCUT2D eigenvalue weighted by atomic mass is 9.99. The average molecular weight is 323 g/mol. The number of carboxylic acid groups (broad SMARTS) is 1. The molecule has 19 heavy (non-hydrogen) atoms. The summed E-state index contributed by atoms with van der Waals surface area (Å²) in [7, 11) is 3.76. The van der Waals surface area contributed by atoms with Crippen molar-refractivity contribution in [3.05, 3.63) is 40.5 Å². The van der Waals surface area contributed by atoms with Gasteiger partial charge in [-0.05, 0) is 31.8 Å². The van der Waals surface area contributed by atoms with Crippen LogP contribution in [0.25, 0.3) is 10.9 Å². The lowest BCUT2D eigenvalue weighted by Crippen LogP contribution is -2.23. The van der Waals surface area contributed by atoms with E-state index in [-0.39, 0.29) is 12.5 Å². The van der Waals surface area contributed by atoms with E-state index in [0.717, 1.165) is 20.9 Å². The molecule has 1 aromatic heterocycles. The Morgan fingerprint density at radius 1 is 1.42 bits per heavy atom. The first-order valence-corrected chi connectivity index (χ1v) is 6.71. The molecule has 1 atom stereocenters. The molecule has 0 saturated carbocycles. The van der Waals surface area contributed by atoms with Gasteiger partial charge < -0.3 is 10.0 Å². The molecule has 1 N–H and O–H groups in total. The van der Waals surface area contributed by atoms with Crippen LogP contribution in [-0.2, 0) is 4.79 Å². The van der Waals surface area contributed by atoms with E-state index in [0.29, 0.717) is 0 Å². The summed E-state index contributed by atoms with van der Waals surface area (Å²) in [5.41, 5.74) is 1.78. The molecule has 1 heterocycles. The van der Waals surface area contributed by atoms with E-state index in [4.69, 9.17) is 5.11 Å². The van der Waals surface area contributed by atoms with Gasteiger partial charge in [0, 0.05) is 22.1 Å². The Balaban J connectivity index is 2.60. The third kappa shape index (κ3) is 2.93. The van der Waals surface area contributed by atoms with Crippen molar-refractivity contribution in [3.63, 3.8) is 0 Å². The van der Waals surface area contributed by atoms with Crippen molar-refractivity contribution >= 4 is 32.8 Å². The number of halogens is 1. The summed E-state index contributed by atoms with van der Waals surface area (Å²) in [6.07, 6.45) is 1.78. The van der Waals surface area contributed by atoms with Crippen molar-refractivity contribution in [3.8, 4) is 0 Å². The molecule has 2 rings (SSSR count). The molecule has 0 amide bonds. The van der Waals surface area contributed by atoms with Crippen molar-refractivity contribution in [2.45, 2.75) is 12.5 Å². The molecule has 4 nitrogen and oxygen atoms in total. The van der Waals surface area contributed by atoms with Crippen LogP contribution >= 0.6 is 15.9 Å². The number of carbonyl (C=O) groups is 1.